The van der Waals surface area contributed by atoms with Gasteiger partial charge < -0.3 is 5.11 Å². The van der Waals surface area contributed by atoms with E-state index in [-0.39, 0.29) is 18.6 Å². The van der Waals surface area contributed by atoms with Crippen molar-refractivity contribution in [2.45, 2.75) is 60.2 Å². The summed E-state index contributed by atoms with van der Waals surface area (Å²) < 4.78 is 26.6. The second kappa shape index (κ2) is 10.00. The molecule has 2 aliphatic rings. The Labute approximate surface area is 169 Å². The fourth-order valence-electron chi connectivity index (χ4n) is 3.47. The largest absolute Gasteiger partial charge is 0.477 e. The minimum Gasteiger partial charge on any atom is -0.364 e. The third kappa shape index (κ3) is 6.98. The predicted molar refractivity (Wildman–Crippen MR) is 113 cm³/mol. The van der Waals surface area contributed by atoms with Crippen molar-refractivity contribution in [2.75, 3.05) is 13.2 Å². The normalized spacial score (nSPS) is 24.5. The molecule has 28 heavy (non-hydrogen) atoms. The number of phosphoric acid groups is 1. The van der Waals surface area contributed by atoms with Gasteiger partial charge in [-0.15, -0.1) is 0 Å². The van der Waals surface area contributed by atoms with E-state index in [1.807, 2.05) is 25.2 Å². The van der Waals surface area contributed by atoms with Crippen LogP contribution in [-0.4, -0.2) is 24.6 Å². The number of aliphatic hydroxyl groups is 1. The van der Waals surface area contributed by atoms with Crippen LogP contribution in [0.4, 0.5) is 0 Å². The van der Waals surface area contributed by atoms with E-state index in [1.165, 1.54) is 36.5 Å². The van der Waals surface area contributed by atoms with Crippen LogP contribution in [0.2, 0.25) is 0 Å². The number of phosphoric ester groups is 1. The van der Waals surface area contributed by atoms with E-state index < -0.39 is 14.1 Å². The summed E-state index contributed by atoms with van der Waals surface area (Å²) in [4.78, 5) is 0. The van der Waals surface area contributed by atoms with Gasteiger partial charge in [0.2, 0.25) is 0 Å². The number of aliphatic hydroxyl groups excluding tert-OH is 1. The lowest BCUT2D eigenvalue weighted by molar-refractivity contribution is 0.000639. The van der Waals surface area contributed by atoms with Crippen LogP contribution in [0.3, 0.4) is 0 Å². The van der Waals surface area contributed by atoms with Gasteiger partial charge in [0.25, 0.3) is 0 Å². The minimum absolute atomic E-state index is 0.206. The minimum atomic E-state index is -3.61. The summed E-state index contributed by atoms with van der Waals surface area (Å²) in [5.41, 5.74) is 5.08. The van der Waals surface area contributed by atoms with Crippen molar-refractivity contribution in [3.63, 3.8) is 0 Å². The van der Waals surface area contributed by atoms with Crippen LogP contribution in [0, 0.1) is 5.41 Å². The summed E-state index contributed by atoms with van der Waals surface area (Å²) in [6.45, 7) is 11.2. The zero-order valence-electron chi connectivity index (χ0n) is 17.6. The SMILES string of the molecule is CC(C=CC1=C(C)CCCC1(C)C)=CC=CC(C)=CC(O)OP1(=O)OCCO1. The zero-order chi connectivity index (χ0) is 20.8. The molecule has 0 radical (unpaired) electrons. The third-order valence-electron chi connectivity index (χ3n) is 5.00. The van der Waals surface area contributed by atoms with Crippen LogP contribution in [-0.2, 0) is 18.1 Å². The van der Waals surface area contributed by atoms with Gasteiger partial charge in [-0.3, -0.25) is 13.6 Å². The molecule has 1 atom stereocenters. The molecule has 0 spiro atoms. The van der Waals surface area contributed by atoms with E-state index in [0.717, 1.165) is 11.1 Å². The maximum Gasteiger partial charge on any atom is 0.477 e. The van der Waals surface area contributed by atoms with Crippen molar-refractivity contribution in [3.8, 4) is 0 Å². The quantitative estimate of drug-likeness (QED) is 0.318. The van der Waals surface area contributed by atoms with E-state index in [0.29, 0.717) is 0 Å². The molecular weight excluding hydrogens is 375 g/mol. The Bertz CT molecular complexity index is 745. The van der Waals surface area contributed by atoms with E-state index in [2.05, 4.69) is 39.8 Å². The molecule has 0 bridgehead atoms. The first-order valence-electron chi connectivity index (χ1n) is 9.79. The number of allylic oxidation sites excluding steroid dienone is 9. The Hall–Kier alpha value is -1.23. The molecule has 1 N–H and O–H groups in total. The van der Waals surface area contributed by atoms with Crippen LogP contribution in [0.25, 0.3) is 0 Å². The van der Waals surface area contributed by atoms with Gasteiger partial charge in [-0.25, -0.2) is 4.57 Å². The van der Waals surface area contributed by atoms with Crippen LogP contribution in [0.1, 0.15) is 53.9 Å². The summed E-state index contributed by atoms with van der Waals surface area (Å²) in [7, 11) is -3.61. The molecule has 5 nitrogen and oxygen atoms in total. The Kier molecular flexibility index (Phi) is 8.23. The Balaban J connectivity index is 1.94. The number of hydrogen-bond acceptors (Lipinski definition) is 5. The molecule has 0 saturated carbocycles. The third-order valence-corrected chi connectivity index (χ3v) is 6.47. The van der Waals surface area contributed by atoms with Gasteiger partial charge in [0.1, 0.15) is 0 Å². The van der Waals surface area contributed by atoms with Crippen molar-refractivity contribution >= 4 is 7.82 Å². The summed E-state index contributed by atoms with van der Waals surface area (Å²) in [6.07, 6.45) is 14.0. The highest BCUT2D eigenvalue weighted by Gasteiger charge is 2.34. The van der Waals surface area contributed by atoms with Gasteiger partial charge >= 0.3 is 7.82 Å². The van der Waals surface area contributed by atoms with Crippen LogP contribution >= 0.6 is 7.82 Å². The summed E-state index contributed by atoms with van der Waals surface area (Å²) >= 11 is 0. The fraction of sp³-hybridized carbons (Fsp3) is 0.545. The molecule has 0 amide bonds. The monoisotopic (exact) mass is 408 g/mol. The summed E-state index contributed by atoms with van der Waals surface area (Å²) in [5, 5.41) is 9.86. The summed E-state index contributed by atoms with van der Waals surface area (Å²) in [6, 6.07) is 0. The first-order valence-corrected chi connectivity index (χ1v) is 11.2. The Morgan fingerprint density at radius 2 is 1.89 bits per heavy atom. The van der Waals surface area contributed by atoms with Gasteiger partial charge in [0.05, 0.1) is 13.2 Å². The lowest BCUT2D eigenvalue weighted by atomic mass is 9.72. The molecule has 6 heteroatoms. The molecule has 1 aliphatic heterocycles. The number of hydrogen-bond donors (Lipinski definition) is 1. The van der Waals surface area contributed by atoms with Gasteiger partial charge in [-0.2, -0.15) is 0 Å². The lowest BCUT2D eigenvalue weighted by Crippen LogP contribution is -2.19. The highest BCUT2D eigenvalue weighted by Crippen LogP contribution is 2.53. The molecule has 0 aromatic heterocycles. The fourth-order valence-corrected chi connectivity index (χ4v) is 4.59. The van der Waals surface area contributed by atoms with Crippen molar-refractivity contribution in [3.05, 3.63) is 58.7 Å². The molecule has 2 rings (SSSR count). The molecular formula is C22H33O5P. The first-order chi connectivity index (χ1) is 13.1. The first kappa shape index (κ1) is 23.1. The van der Waals surface area contributed by atoms with Gasteiger partial charge in [-0.05, 0) is 57.1 Å². The maximum atomic E-state index is 11.9. The highest BCUT2D eigenvalue weighted by molar-refractivity contribution is 7.48. The second-order valence-electron chi connectivity index (χ2n) is 8.05. The molecule has 1 unspecified atom stereocenters. The Morgan fingerprint density at radius 1 is 1.21 bits per heavy atom. The lowest BCUT2D eigenvalue weighted by Gasteiger charge is -2.32. The standard InChI is InChI=1S/C22H33O5P/c1-17(11-12-20-19(3)10-7-13-22(20,4)5)8-6-9-18(2)16-21(23)27-28(24)25-14-15-26-28/h6,8-9,11-12,16,21,23H,7,10,13-15H2,1-5H3. The predicted octanol–water partition coefficient (Wildman–Crippen LogP) is 6.01. The summed E-state index contributed by atoms with van der Waals surface area (Å²) in [5.74, 6) is 0. The smallest absolute Gasteiger partial charge is 0.364 e. The van der Waals surface area contributed by atoms with Crippen LogP contribution < -0.4 is 0 Å². The topological polar surface area (TPSA) is 65.0 Å². The van der Waals surface area contributed by atoms with Crippen molar-refractivity contribution in [2.24, 2.45) is 5.41 Å². The highest BCUT2D eigenvalue weighted by atomic mass is 31.2. The molecule has 0 aromatic rings. The van der Waals surface area contributed by atoms with Crippen LogP contribution in [0.15, 0.2) is 58.7 Å². The average molecular weight is 408 g/mol. The Morgan fingerprint density at radius 3 is 2.54 bits per heavy atom. The van der Waals surface area contributed by atoms with Crippen molar-refractivity contribution in [1.29, 1.82) is 0 Å². The molecule has 0 aromatic carbocycles. The van der Waals surface area contributed by atoms with Gasteiger partial charge in [0.15, 0.2) is 6.29 Å². The van der Waals surface area contributed by atoms with E-state index >= 15 is 0 Å². The molecule has 1 saturated heterocycles. The molecule has 156 valence electrons. The van der Waals surface area contributed by atoms with E-state index in [9.17, 15) is 9.67 Å². The zero-order valence-corrected chi connectivity index (χ0v) is 18.5. The van der Waals surface area contributed by atoms with E-state index in [1.54, 1.807) is 0 Å². The van der Waals surface area contributed by atoms with E-state index in [4.69, 9.17) is 13.6 Å². The number of rotatable bonds is 7. The molecule has 1 fully saturated rings. The van der Waals surface area contributed by atoms with Crippen molar-refractivity contribution in [1.82, 2.24) is 0 Å². The van der Waals surface area contributed by atoms with Gasteiger partial charge in [0, 0.05) is 0 Å². The molecule has 1 heterocycles. The van der Waals surface area contributed by atoms with Crippen molar-refractivity contribution < 1.29 is 23.2 Å². The van der Waals surface area contributed by atoms with Crippen LogP contribution in [0.5, 0.6) is 0 Å². The average Bonchev–Trinajstić information content (AvgIpc) is 2.99. The van der Waals surface area contributed by atoms with Gasteiger partial charge in [-0.1, -0.05) is 60.9 Å². The maximum absolute atomic E-state index is 11.9. The molecule has 1 aliphatic carbocycles. The second-order valence-corrected chi connectivity index (χ2v) is 9.68.